The number of allylic oxidation sites excluding steroid dienone is 1. The summed E-state index contributed by atoms with van der Waals surface area (Å²) in [6.45, 7) is 30.2. The molecule has 0 radical (unpaired) electrons. The Kier molecular flexibility index (Phi) is 38.4. The van der Waals surface area contributed by atoms with Gasteiger partial charge in [0.25, 0.3) is 0 Å². The van der Waals surface area contributed by atoms with Crippen molar-refractivity contribution in [1.82, 2.24) is 51.1 Å². The second-order valence-electron chi connectivity index (χ2n) is 38.6. The molecule has 738 valence electrons. The number of alkyl carbamates (subject to hydrolysis) is 2. The number of carboxylic acid groups (broad SMARTS) is 1. The lowest BCUT2D eigenvalue weighted by Gasteiger charge is -2.33. The zero-order chi connectivity index (χ0) is 98.0. The Hall–Kier alpha value is -11.3. The molecule has 0 aliphatic carbocycles. The van der Waals surface area contributed by atoms with Crippen LogP contribution in [0.25, 0.3) is 0 Å². The molecule has 8 aliphatic heterocycles. The number of unbranched alkanes of at least 4 members (excludes halogenated alkanes) is 1. The number of hydrogen-bond donors (Lipinski definition) is 6. The average Bonchev–Trinajstić information content (AvgIpc) is 1.59. The normalized spacial score (nSPS) is 22.7. The molecule has 33 heteroatoms. The van der Waals surface area contributed by atoms with Crippen molar-refractivity contribution >= 4 is 54.0 Å². The topological polar surface area (TPSA) is 333 Å². The van der Waals surface area contributed by atoms with Crippen molar-refractivity contribution in [2.75, 3.05) is 52.4 Å². The number of benzene rings is 6. The number of aliphatic carboxylic acids is 1. The summed E-state index contributed by atoms with van der Waals surface area (Å²) in [6.07, 6.45) is 4.96. The molecule has 14 rings (SSSR count). The number of nitrogens with zero attached hydrogens (tertiary/aromatic N) is 5. The maximum atomic E-state index is 14.5. The van der Waals surface area contributed by atoms with Gasteiger partial charge >= 0.3 is 36.3 Å². The number of rotatable bonds is 33. The van der Waals surface area contributed by atoms with Crippen LogP contribution in [0.15, 0.2) is 183 Å². The predicted molar refractivity (Wildman–Crippen MR) is 500 cm³/mol. The van der Waals surface area contributed by atoms with Crippen molar-refractivity contribution < 1.29 is 108 Å². The summed E-state index contributed by atoms with van der Waals surface area (Å²) in [7, 11) is 0. The van der Waals surface area contributed by atoms with E-state index in [-0.39, 0.29) is 172 Å². The zero-order valence-corrected chi connectivity index (χ0v) is 79.5. The number of carboxylic acids is 1. The first kappa shape index (κ1) is 105. The van der Waals surface area contributed by atoms with E-state index in [0.717, 1.165) is 59.2 Å². The number of carbonyl (C=O) groups is 9. The Balaban J connectivity index is 0.000000201. The summed E-state index contributed by atoms with van der Waals surface area (Å²) in [5.74, 6) is -4.12. The Morgan fingerprint density at radius 1 is 0.434 bits per heavy atom. The molecule has 136 heavy (non-hydrogen) atoms. The minimum Gasteiger partial charge on any atom is -0.481 e. The summed E-state index contributed by atoms with van der Waals surface area (Å²) < 4.78 is 106. The summed E-state index contributed by atoms with van der Waals surface area (Å²) in [5, 5.41) is 24.2. The van der Waals surface area contributed by atoms with Gasteiger partial charge in [0.05, 0.1) is 113 Å². The summed E-state index contributed by atoms with van der Waals surface area (Å²) >= 11 is 0. The molecule has 8 saturated heterocycles. The van der Waals surface area contributed by atoms with Gasteiger partial charge in [0.1, 0.15) is 65.4 Å². The van der Waals surface area contributed by atoms with Crippen molar-refractivity contribution in [3.05, 3.63) is 240 Å². The number of hydrogen-bond acceptors (Lipinski definition) is 21. The van der Waals surface area contributed by atoms with E-state index in [4.69, 9.17) is 47.7 Å². The Labute approximate surface area is 794 Å². The fourth-order valence-electron chi connectivity index (χ4n) is 18.4. The van der Waals surface area contributed by atoms with Crippen molar-refractivity contribution in [2.24, 2.45) is 11.8 Å². The first-order valence-electron chi connectivity index (χ1n) is 47.0. The van der Waals surface area contributed by atoms with Gasteiger partial charge in [0, 0.05) is 50.7 Å². The van der Waals surface area contributed by atoms with Crippen LogP contribution in [0.5, 0.6) is 0 Å². The van der Waals surface area contributed by atoms with Gasteiger partial charge in [-0.15, -0.1) is 13.2 Å². The maximum absolute atomic E-state index is 14.5. The van der Waals surface area contributed by atoms with E-state index >= 15 is 0 Å². The second-order valence-corrected chi connectivity index (χ2v) is 38.6. The van der Waals surface area contributed by atoms with Crippen molar-refractivity contribution in [2.45, 2.75) is 281 Å². The highest BCUT2D eigenvalue weighted by atomic mass is 19.1. The Morgan fingerprint density at radius 2 is 0.816 bits per heavy atom. The average molecular weight is 1890 g/mol. The number of likely N-dealkylation sites (tertiary alicyclic amines) is 5. The molecular formula is C103H134F4N10O19. The fourth-order valence-corrected chi connectivity index (χ4v) is 18.4. The minimum absolute atomic E-state index is 0.0298. The highest BCUT2D eigenvalue weighted by Crippen LogP contribution is 2.38. The molecule has 0 aromatic heterocycles. The predicted octanol–water partition coefficient (Wildman–Crippen LogP) is 14.6. The smallest absolute Gasteiger partial charge is 0.410 e. The van der Waals surface area contributed by atoms with Gasteiger partial charge < -0.3 is 98.8 Å². The molecule has 29 nitrogen and oxygen atoms in total. The highest BCUT2D eigenvalue weighted by molar-refractivity contribution is 5.88. The van der Waals surface area contributed by atoms with Crippen LogP contribution in [0.3, 0.4) is 0 Å². The quantitative estimate of drug-likeness (QED) is 0.00733. The van der Waals surface area contributed by atoms with Crippen molar-refractivity contribution in [3.63, 3.8) is 0 Å². The van der Waals surface area contributed by atoms with Gasteiger partial charge in [-0.25, -0.2) is 36.7 Å². The molecule has 7 amide bonds. The standard InChI is InChI=1S/C45H63F2N5O8.C31H38FN3O6.C21H23FN2O3.C6H10O2/c1-44(2,3)59-38(53)23-30(41(54)51-21-19-33-39(51)36(24-48-33)57-26-28-11-15-31(46)16-12-28)9-7-8-10-35(50-43(56)60-45(4,5)6)42(55)52-22-20-34-40(52)37(25-49-34)58-27-29-13-17-32(47)18-14-29;1-5-9-24(33-29(37)41-31(2,3)4)28(36)34-17-16-25-27(34)26(39-19-22-12-14-23(32)15-13-22)18-35(25)30(38)40-20-21-10-7-6-8-11-21;22-17-8-6-16(7-9-17)13-26-19-12-24(18-10-11-23-20(18)19)21(25)27-14-15-4-2-1-3-5-15;1-3-4-5(2)6(7)8/h11-18,30,33-37,39-40,48-49H,7-10,19-27H2,1-6H3,(H,50,56);5-8,10-15,24-27H,1,9,16-20H2,2-4H3,(H,33,37);1-9,18-20,23H,10-14H2;3,5H,1,4H2,2H3,(H,7,8)/t30-,33-,34-,35+,36+,37+,39+,40+;24-,25+,26-,27-;18-,19+,20+;5-/m1010/s1. The van der Waals surface area contributed by atoms with E-state index in [1.165, 1.54) is 48.5 Å². The molecule has 8 aliphatic rings. The first-order valence-corrected chi connectivity index (χ1v) is 47.0. The van der Waals surface area contributed by atoms with E-state index in [1.54, 1.807) is 150 Å². The lowest BCUT2D eigenvalue weighted by atomic mass is 9.94. The van der Waals surface area contributed by atoms with Crippen LogP contribution >= 0.6 is 0 Å². The van der Waals surface area contributed by atoms with Gasteiger partial charge in [0.15, 0.2) is 0 Å². The minimum atomic E-state index is -0.903. The number of esters is 1. The Morgan fingerprint density at radius 3 is 1.25 bits per heavy atom. The molecule has 16 atom stereocenters. The summed E-state index contributed by atoms with van der Waals surface area (Å²) in [6, 6.07) is 40.8. The molecule has 6 aromatic carbocycles. The lowest BCUT2D eigenvalue weighted by Crippen LogP contribution is -2.54. The largest absolute Gasteiger partial charge is 0.481 e. The SMILES string of the molecule is C=CC[C@H](C)C(=O)O.C=CC[C@H](NC(=O)OC(C)(C)C)C(=O)N1CC[C@@H]2[C@H]1[C@@H](OCc1ccc(F)cc1)CN2C(=O)OCc1ccccc1.CC(C)(C)OC(=O)C[C@@H](CCCC[C@H](NC(=O)OC(C)(C)C)C(=O)N1CC[C@H]2NC[C@H](OCc3ccc(F)cc3)[C@H]21)C(=O)N1CC[C@H]2NC[C@H](OCc3ccc(F)cc3)[C@H]21.O=C(OCc1ccccc1)N1C[C@H](OCc2ccc(F)cc2)[C@H]2NCC[C@H]21. The van der Waals surface area contributed by atoms with Crippen LogP contribution in [-0.2, 0) is 106 Å². The van der Waals surface area contributed by atoms with Crippen LogP contribution in [0.4, 0.5) is 36.7 Å². The number of carbonyl (C=O) groups excluding carboxylic acids is 8. The lowest BCUT2D eigenvalue weighted by molar-refractivity contribution is -0.159. The second kappa shape index (κ2) is 49.6. The first-order chi connectivity index (χ1) is 64.9. The van der Waals surface area contributed by atoms with Gasteiger partial charge in [-0.2, -0.15) is 0 Å². The number of halogens is 4. The maximum Gasteiger partial charge on any atom is 0.410 e. The Bertz CT molecular complexity index is 4790. The van der Waals surface area contributed by atoms with E-state index in [1.807, 2.05) is 65.6 Å². The fraction of sp³-hybridized carbons (Fsp3) is 0.524. The molecule has 6 N–H and O–H groups in total. The number of ether oxygens (including phenoxy) is 9. The molecule has 6 aromatic rings. The van der Waals surface area contributed by atoms with Crippen LogP contribution < -0.4 is 26.6 Å². The van der Waals surface area contributed by atoms with Crippen molar-refractivity contribution in [1.29, 1.82) is 0 Å². The number of amides is 7. The summed E-state index contributed by atoms with van der Waals surface area (Å²) in [4.78, 5) is 126. The molecule has 0 spiro atoms. The third-order valence-corrected chi connectivity index (χ3v) is 24.9. The third-order valence-electron chi connectivity index (χ3n) is 24.9. The molecule has 8 heterocycles. The number of fused-ring (bicyclic) bond motifs is 4. The molecule has 0 saturated carbocycles. The molecule has 0 bridgehead atoms. The van der Waals surface area contributed by atoms with Crippen LogP contribution in [-0.4, -0.2) is 238 Å². The molecular weight excluding hydrogens is 1760 g/mol. The molecule has 8 fully saturated rings. The van der Waals surface area contributed by atoms with E-state index in [2.05, 4.69) is 39.7 Å². The zero-order valence-electron chi connectivity index (χ0n) is 79.5. The summed E-state index contributed by atoms with van der Waals surface area (Å²) in [5.41, 5.74) is 2.92. The number of nitrogens with one attached hydrogen (secondary N) is 5. The molecule has 0 unspecified atom stereocenters. The van der Waals surface area contributed by atoms with Gasteiger partial charge in [0.2, 0.25) is 17.7 Å². The van der Waals surface area contributed by atoms with E-state index in [9.17, 15) is 60.7 Å². The van der Waals surface area contributed by atoms with Crippen LogP contribution in [0.1, 0.15) is 173 Å². The van der Waals surface area contributed by atoms with Crippen LogP contribution in [0, 0.1) is 35.1 Å². The highest BCUT2D eigenvalue weighted by Gasteiger charge is 2.55. The van der Waals surface area contributed by atoms with Gasteiger partial charge in [-0.1, -0.05) is 141 Å². The van der Waals surface area contributed by atoms with Gasteiger partial charge in [-0.3, -0.25) is 24.0 Å². The van der Waals surface area contributed by atoms with Crippen LogP contribution in [0.2, 0.25) is 0 Å². The monoisotopic (exact) mass is 1890 g/mol. The van der Waals surface area contributed by atoms with Crippen molar-refractivity contribution in [3.8, 4) is 0 Å². The van der Waals surface area contributed by atoms with E-state index in [0.29, 0.717) is 78.0 Å². The third kappa shape index (κ3) is 31.1. The van der Waals surface area contributed by atoms with Gasteiger partial charge in [-0.05, 0) is 202 Å². The van der Waals surface area contributed by atoms with E-state index < -0.39 is 77.2 Å².